The summed E-state index contributed by atoms with van der Waals surface area (Å²) < 4.78 is 11.4. The smallest absolute Gasteiger partial charge is 0.132 e. The van der Waals surface area contributed by atoms with Crippen LogP contribution in [0.4, 0.5) is 11.5 Å². The number of nitrogens with zero attached hydrogens (tertiary/aromatic N) is 4. The minimum Gasteiger partial charge on any atom is -0.379 e. The topological polar surface area (TPSA) is 50.7 Å². The molecule has 2 aliphatic rings. The Balaban J connectivity index is 1.69. The van der Waals surface area contributed by atoms with E-state index in [0.717, 1.165) is 68.0 Å². The molecule has 2 saturated heterocycles. The summed E-state index contributed by atoms with van der Waals surface area (Å²) in [6.07, 6.45) is 2.58. The van der Waals surface area contributed by atoms with E-state index in [0.29, 0.717) is 6.61 Å². The van der Waals surface area contributed by atoms with Gasteiger partial charge in [-0.05, 0) is 37.1 Å². The van der Waals surface area contributed by atoms with Gasteiger partial charge in [0.15, 0.2) is 0 Å². The number of benzene rings is 1. The first kappa shape index (κ1) is 18.5. The molecule has 144 valence electrons. The second-order valence-corrected chi connectivity index (χ2v) is 7.37. The fourth-order valence-corrected chi connectivity index (χ4v) is 3.96. The van der Waals surface area contributed by atoms with Crippen LogP contribution in [0.15, 0.2) is 30.6 Å². The lowest BCUT2D eigenvalue weighted by atomic mass is 10.0. The van der Waals surface area contributed by atoms with E-state index in [4.69, 9.17) is 21.1 Å². The van der Waals surface area contributed by atoms with Crippen LogP contribution < -0.4 is 9.80 Å². The van der Waals surface area contributed by atoms with Crippen molar-refractivity contribution in [1.29, 1.82) is 0 Å². The maximum absolute atomic E-state index is 6.65. The molecule has 0 amide bonds. The highest BCUT2D eigenvalue weighted by Gasteiger charge is 2.27. The Bertz CT molecular complexity index is 782. The van der Waals surface area contributed by atoms with Gasteiger partial charge in [-0.25, -0.2) is 9.97 Å². The number of aromatic nitrogens is 2. The number of aryl methyl sites for hydroxylation is 1. The molecule has 4 rings (SSSR count). The van der Waals surface area contributed by atoms with Crippen LogP contribution in [-0.2, 0) is 9.47 Å². The number of anilines is 2. The molecule has 1 aromatic carbocycles. The molecule has 7 heteroatoms. The van der Waals surface area contributed by atoms with Gasteiger partial charge in [0.2, 0.25) is 0 Å². The minimum atomic E-state index is 0.0234. The number of rotatable bonds is 3. The van der Waals surface area contributed by atoms with Crippen molar-refractivity contribution in [2.24, 2.45) is 0 Å². The third-order valence-electron chi connectivity index (χ3n) is 5.14. The molecule has 1 aromatic heterocycles. The van der Waals surface area contributed by atoms with Gasteiger partial charge in [-0.3, -0.25) is 0 Å². The van der Waals surface area contributed by atoms with Crippen LogP contribution in [0.1, 0.15) is 23.7 Å². The Morgan fingerprint density at radius 2 is 1.89 bits per heavy atom. The second-order valence-electron chi connectivity index (χ2n) is 6.96. The summed E-state index contributed by atoms with van der Waals surface area (Å²) in [4.78, 5) is 13.4. The Hall–Kier alpha value is -1.89. The van der Waals surface area contributed by atoms with Crippen LogP contribution in [0.2, 0.25) is 5.02 Å². The van der Waals surface area contributed by atoms with Crippen LogP contribution in [0.25, 0.3) is 0 Å². The summed E-state index contributed by atoms with van der Waals surface area (Å²) >= 11 is 6.65. The van der Waals surface area contributed by atoms with Crippen LogP contribution >= 0.6 is 11.6 Å². The molecule has 0 saturated carbocycles. The summed E-state index contributed by atoms with van der Waals surface area (Å²) in [5.41, 5.74) is 3.22. The lowest BCUT2D eigenvalue weighted by molar-refractivity contribution is 0.122. The summed E-state index contributed by atoms with van der Waals surface area (Å²) in [6, 6.07) is 8.34. The number of hydrogen-bond acceptors (Lipinski definition) is 6. The van der Waals surface area contributed by atoms with Gasteiger partial charge in [0.25, 0.3) is 0 Å². The summed E-state index contributed by atoms with van der Waals surface area (Å²) in [5.74, 6) is 0.922. The number of ether oxygens (including phenoxy) is 2. The zero-order valence-corrected chi connectivity index (χ0v) is 16.4. The predicted octanol–water partition coefficient (Wildman–Crippen LogP) is 3.24. The molecule has 1 atom stereocenters. The molecule has 6 nitrogen and oxygen atoms in total. The molecule has 1 unspecified atom stereocenters. The predicted molar refractivity (Wildman–Crippen MR) is 107 cm³/mol. The van der Waals surface area contributed by atoms with Crippen molar-refractivity contribution in [1.82, 2.24) is 9.97 Å². The summed E-state index contributed by atoms with van der Waals surface area (Å²) in [7, 11) is 0. The molecule has 27 heavy (non-hydrogen) atoms. The van der Waals surface area contributed by atoms with Crippen LogP contribution in [-0.4, -0.2) is 56.0 Å². The van der Waals surface area contributed by atoms with Gasteiger partial charge in [0.1, 0.15) is 12.1 Å². The van der Waals surface area contributed by atoms with Crippen molar-refractivity contribution in [2.45, 2.75) is 19.4 Å². The highest BCUT2D eigenvalue weighted by atomic mass is 35.5. The van der Waals surface area contributed by atoms with Crippen molar-refractivity contribution in [3.05, 3.63) is 46.9 Å². The summed E-state index contributed by atoms with van der Waals surface area (Å²) in [6.45, 7) is 7.52. The molecule has 2 aliphatic heterocycles. The quantitative estimate of drug-likeness (QED) is 0.804. The van der Waals surface area contributed by atoms with Gasteiger partial charge < -0.3 is 19.3 Å². The molecule has 0 radical (unpaired) electrons. The maximum atomic E-state index is 6.65. The molecule has 2 fully saturated rings. The van der Waals surface area contributed by atoms with E-state index in [1.165, 1.54) is 5.69 Å². The van der Waals surface area contributed by atoms with Gasteiger partial charge in [-0.1, -0.05) is 11.6 Å². The number of morpholine rings is 1. The fraction of sp³-hybridized carbons (Fsp3) is 0.500. The monoisotopic (exact) mass is 388 g/mol. The number of hydrogen-bond donors (Lipinski definition) is 0. The highest BCUT2D eigenvalue weighted by Crippen LogP contribution is 2.35. The highest BCUT2D eigenvalue weighted by molar-refractivity contribution is 6.31. The van der Waals surface area contributed by atoms with Crippen LogP contribution in [0, 0.1) is 6.92 Å². The van der Waals surface area contributed by atoms with Gasteiger partial charge in [-0.2, -0.15) is 0 Å². The minimum absolute atomic E-state index is 0.0234. The Labute approximate surface area is 165 Å². The van der Waals surface area contributed by atoms with Crippen molar-refractivity contribution in [2.75, 3.05) is 55.9 Å². The summed E-state index contributed by atoms with van der Waals surface area (Å²) in [5, 5.41) is 0.762. The molecule has 0 spiro atoms. The lowest BCUT2D eigenvalue weighted by Gasteiger charge is -2.33. The first-order valence-electron chi connectivity index (χ1n) is 9.47. The van der Waals surface area contributed by atoms with Crippen molar-refractivity contribution in [3.63, 3.8) is 0 Å². The van der Waals surface area contributed by atoms with Crippen molar-refractivity contribution < 1.29 is 9.47 Å². The van der Waals surface area contributed by atoms with E-state index in [-0.39, 0.29) is 6.04 Å². The maximum Gasteiger partial charge on any atom is 0.132 e. The third-order valence-corrected chi connectivity index (χ3v) is 5.48. The molecule has 3 heterocycles. The van der Waals surface area contributed by atoms with Crippen molar-refractivity contribution in [3.8, 4) is 0 Å². The molecule has 0 bridgehead atoms. The molecule has 0 aliphatic carbocycles. The molecular weight excluding hydrogens is 364 g/mol. The average molecular weight is 389 g/mol. The fourth-order valence-electron chi connectivity index (χ4n) is 3.71. The second kappa shape index (κ2) is 8.42. The largest absolute Gasteiger partial charge is 0.379 e. The van der Waals surface area contributed by atoms with E-state index >= 15 is 0 Å². The zero-order valence-electron chi connectivity index (χ0n) is 15.6. The van der Waals surface area contributed by atoms with Crippen LogP contribution in [0.3, 0.4) is 0 Å². The van der Waals surface area contributed by atoms with Gasteiger partial charge in [0.05, 0.1) is 25.9 Å². The average Bonchev–Trinajstić information content (AvgIpc) is 2.95. The first-order chi connectivity index (χ1) is 13.2. The number of halogens is 1. The third kappa shape index (κ3) is 4.18. The van der Waals surface area contributed by atoms with E-state index in [9.17, 15) is 0 Å². The normalized spacial score (nSPS) is 21.2. The Morgan fingerprint density at radius 3 is 2.70 bits per heavy atom. The molecular formula is C20H25ClN4O2. The van der Waals surface area contributed by atoms with Gasteiger partial charge in [-0.15, -0.1) is 0 Å². The van der Waals surface area contributed by atoms with E-state index in [1.54, 1.807) is 6.33 Å². The first-order valence-corrected chi connectivity index (χ1v) is 9.85. The molecule has 0 N–H and O–H groups in total. The lowest BCUT2D eigenvalue weighted by Crippen LogP contribution is -2.36. The zero-order chi connectivity index (χ0) is 18.6. The van der Waals surface area contributed by atoms with E-state index < -0.39 is 0 Å². The van der Waals surface area contributed by atoms with Gasteiger partial charge in [0, 0.05) is 48.7 Å². The van der Waals surface area contributed by atoms with Crippen LogP contribution in [0.5, 0.6) is 0 Å². The Kier molecular flexibility index (Phi) is 5.76. The SMILES string of the molecule is Cc1cc(N2CCCOCC2c2cc(N3CCOCC3)ccc2Cl)ncn1. The molecule has 2 aromatic rings. The standard InChI is InChI=1S/C20H25ClN4O2/c1-15-11-20(23-14-22-15)25-5-2-8-27-13-19(25)17-12-16(3-4-18(17)21)24-6-9-26-10-7-24/h3-4,11-12,14,19H,2,5-10,13H2,1H3. The van der Waals surface area contributed by atoms with E-state index in [1.807, 2.05) is 19.1 Å². The van der Waals surface area contributed by atoms with Gasteiger partial charge >= 0.3 is 0 Å². The van der Waals surface area contributed by atoms with E-state index in [2.05, 4.69) is 31.9 Å². The Morgan fingerprint density at radius 1 is 1.04 bits per heavy atom. The van der Waals surface area contributed by atoms with Crippen molar-refractivity contribution >= 4 is 23.1 Å².